The third kappa shape index (κ3) is 4.29. The van der Waals surface area contributed by atoms with Gasteiger partial charge < -0.3 is 29.8 Å². The Bertz CT molecular complexity index is 1170. The van der Waals surface area contributed by atoms with Crippen LogP contribution in [0.2, 0.25) is 0 Å². The summed E-state index contributed by atoms with van der Waals surface area (Å²) in [6.45, 7) is 4.14. The second-order valence-electron chi connectivity index (χ2n) is 8.02. The van der Waals surface area contributed by atoms with E-state index in [9.17, 15) is 9.18 Å². The van der Waals surface area contributed by atoms with Gasteiger partial charge in [-0.3, -0.25) is 9.78 Å². The number of ether oxygens (including phenoxy) is 3. The second-order valence-corrected chi connectivity index (χ2v) is 8.02. The third-order valence-corrected chi connectivity index (χ3v) is 5.86. The van der Waals surface area contributed by atoms with Gasteiger partial charge in [-0.25, -0.2) is 4.39 Å². The maximum atomic E-state index is 14.2. The zero-order chi connectivity index (χ0) is 22.8. The number of fused-ring (bicyclic) bond motifs is 1. The van der Waals surface area contributed by atoms with Gasteiger partial charge in [0.15, 0.2) is 0 Å². The standard InChI is InChI=1S/C24H25FN4O4/c1-14-17(25)3-2-4-18(14)28-23-21-19(6-8-27-24(21)30)29-22(23)16-5-7-26-11-20(16)33-13-15-12-31-9-10-32-15/h2-5,7,11,15,28-29H,6,8-10,12-13H2,1H3,(H,27,30). The molecule has 8 nitrogen and oxygen atoms in total. The first-order chi connectivity index (χ1) is 16.1. The minimum Gasteiger partial charge on any atom is -0.488 e. The lowest BCUT2D eigenvalue weighted by Crippen LogP contribution is -2.33. The second kappa shape index (κ2) is 9.21. The molecule has 9 heteroatoms. The number of hydrogen-bond acceptors (Lipinski definition) is 6. The number of halogens is 1. The van der Waals surface area contributed by atoms with Gasteiger partial charge in [-0.05, 0) is 25.1 Å². The Hall–Kier alpha value is -3.43. The van der Waals surface area contributed by atoms with Crippen LogP contribution in [0.3, 0.4) is 0 Å². The highest BCUT2D eigenvalue weighted by Crippen LogP contribution is 2.40. The van der Waals surface area contributed by atoms with Crippen molar-refractivity contribution in [3.63, 3.8) is 0 Å². The fourth-order valence-electron chi connectivity index (χ4n) is 4.10. The molecule has 0 saturated carbocycles. The summed E-state index contributed by atoms with van der Waals surface area (Å²) in [7, 11) is 0. The minimum atomic E-state index is -0.321. The zero-order valence-corrected chi connectivity index (χ0v) is 18.2. The highest BCUT2D eigenvalue weighted by Gasteiger charge is 2.28. The number of aromatic nitrogens is 2. The van der Waals surface area contributed by atoms with E-state index in [2.05, 4.69) is 20.6 Å². The van der Waals surface area contributed by atoms with Crippen LogP contribution in [0.25, 0.3) is 11.3 Å². The van der Waals surface area contributed by atoms with Crippen molar-refractivity contribution in [2.24, 2.45) is 0 Å². The number of hydrogen-bond donors (Lipinski definition) is 3. The summed E-state index contributed by atoms with van der Waals surface area (Å²) in [4.78, 5) is 20.4. The SMILES string of the molecule is Cc1c(F)cccc1Nc1c(-c2ccncc2OCC2COCCO2)[nH]c2c1C(=O)NCC2. The summed E-state index contributed by atoms with van der Waals surface area (Å²) in [5, 5.41) is 6.19. The van der Waals surface area contributed by atoms with Crippen LogP contribution in [0, 0.1) is 12.7 Å². The van der Waals surface area contributed by atoms with Crippen LogP contribution in [0.5, 0.6) is 5.75 Å². The van der Waals surface area contributed by atoms with Crippen LogP contribution in [-0.4, -0.2) is 55.0 Å². The number of aromatic amines is 1. The molecule has 0 bridgehead atoms. The molecule has 3 N–H and O–H groups in total. The number of H-pyrrole nitrogens is 1. The van der Waals surface area contributed by atoms with E-state index in [0.29, 0.717) is 73.3 Å². The predicted molar refractivity (Wildman–Crippen MR) is 121 cm³/mol. The van der Waals surface area contributed by atoms with Gasteiger partial charge in [-0.2, -0.15) is 0 Å². The largest absolute Gasteiger partial charge is 0.488 e. The van der Waals surface area contributed by atoms with E-state index in [4.69, 9.17) is 14.2 Å². The molecule has 0 radical (unpaired) electrons. The summed E-state index contributed by atoms with van der Waals surface area (Å²) in [5.74, 6) is 0.0438. The molecule has 1 aromatic carbocycles. The number of anilines is 2. The van der Waals surface area contributed by atoms with E-state index in [1.807, 2.05) is 6.07 Å². The predicted octanol–water partition coefficient (Wildman–Crippen LogP) is 3.35. The van der Waals surface area contributed by atoms with E-state index in [0.717, 1.165) is 11.3 Å². The Morgan fingerprint density at radius 2 is 2.21 bits per heavy atom. The molecule has 0 aliphatic carbocycles. The molecule has 5 rings (SSSR count). The molecule has 0 spiro atoms. The van der Waals surface area contributed by atoms with Crippen LogP contribution in [0.4, 0.5) is 15.8 Å². The van der Waals surface area contributed by atoms with Crippen molar-refractivity contribution in [3.8, 4) is 17.0 Å². The number of benzene rings is 1. The lowest BCUT2D eigenvalue weighted by atomic mass is 10.0. The maximum absolute atomic E-state index is 14.2. The zero-order valence-electron chi connectivity index (χ0n) is 18.2. The fraction of sp³-hybridized carbons (Fsp3) is 0.333. The van der Waals surface area contributed by atoms with Crippen LogP contribution < -0.4 is 15.4 Å². The van der Waals surface area contributed by atoms with Crippen molar-refractivity contribution < 1.29 is 23.4 Å². The lowest BCUT2D eigenvalue weighted by molar-refractivity contribution is -0.101. The van der Waals surface area contributed by atoms with E-state index in [-0.39, 0.29) is 17.8 Å². The maximum Gasteiger partial charge on any atom is 0.255 e. The van der Waals surface area contributed by atoms with Crippen LogP contribution in [0.1, 0.15) is 21.6 Å². The molecule has 1 saturated heterocycles. The van der Waals surface area contributed by atoms with Gasteiger partial charge in [0.2, 0.25) is 0 Å². The van der Waals surface area contributed by atoms with E-state index < -0.39 is 0 Å². The number of carbonyl (C=O) groups is 1. The van der Waals surface area contributed by atoms with Gasteiger partial charge >= 0.3 is 0 Å². The fourth-order valence-corrected chi connectivity index (χ4v) is 4.10. The number of rotatable bonds is 6. The van der Waals surface area contributed by atoms with Crippen molar-refractivity contribution >= 4 is 17.3 Å². The van der Waals surface area contributed by atoms with Gasteiger partial charge in [-0.1, -0.05) is 6.07 Å². The Morgan fingerprint density at radius 1 is 1.30 bits per heavy atom. The van der Waals surface area contributed by atoms with Gasteiger partial charge in [-0.15, -0.1) is 0 Å². The quantitative estimate of drug-likeness (QED) is 0.531. The third-order valence-electron chi connectivity index (χ3n) is 5.86. The number of nitrogens with one attached hydrogen (secondary N) is 3. The van der Waals surface area contributed by atoms with Gasteiger partial charge in [0.05, 0.1) is 43.0 Å². The smallest absolute Gasteiger partial charge is 0.255 e. The van der Waals surface area contributed by atoms with E-state index in [1.54, 1.807) is 31.5 Å². The molecule has 33 heavy (non-hydrogen) atoms. The van der Waals surface area contributed by atoms with Crippen molar-refractivity contribution in [1.29, 1.82) is 0 Å². The molecule has 172 valence electrons. The monoisotopic (exact) mass is 452 g/mol. The summed E-state index contributed by atoms with van der Waals surface area (Å²) in [6, 6.07) is 6.66. The first-order valence-corrected chi connectivity index (χ1v) is 10.9. The Balaban J connectivity index is 1.54. The average Bonchev–Trinajstić information content (AvgIpc) is 3.21. The molecule has 1 atom stereocenters. The molecule has 4 heterocycles. The minimum absolute atomic E-state index is 0.165. The highest BCUT2D eigenvalue weighted by molar-refractivity contribution is 6.06. The van der Waals surface area contributed by atoms with Gasteiger partial charge in [0, 0.05) is 41.7 Å². The molecule has 2 aliphatic rings. The Morgan fingerprint density at radius 3 is 3.06 bits per heavy atom. The summed E-state index contributed by atoms with van der Waals surface area (Å²) < 4.78 is 31.4. The summed E-state index contributed by atoms with van der Waals surface area (Å²) >= 11 is 0. The molecule has 1 fully saturated rings. The molecule has 3 aromatic rings. The molecule has 2 aromatic heterocycles. The number of nitrogens with zero attached hydrogens (tertiary/aromatic N) is 1. The molecule has 2 aliphatic heterocycles. The number of carbonyl (C=O) groups excluding carboxylic acids is 1. The first kappa shape index (κ1) is 21.4. The topological polar surface area (TPSA) is 97.5 Å². The van der Waals surface area contributed by atoms with Gasteiger partial charge in [0.1, 0.15) is 24.3 Å². The van der Waals surface area contributed by atoms with Gasteiger partial charge in [0.25, 0.3) is 5.91 Å². The summed E-state index contributed by atoms with van der Waals surface area (Å²) in [6.07, 6.45) is 3.80. The number of pyridine rings is 1. The molecule has 1 amide bonds. The van der Waals surface area contributed by atoms with Crippen molar-refractivity contribution in [2.45, 2.75) is 19.4 Å². The van der Waals surface area contributed by atoms with Crippen molar-refractivity contribution in [2.75, 3.05) is 38.3 Å². The molecular formula is C24H25FN4O4. The Labute approximate surface area is 190 Å². The van der Waals surface area contributed by atoms with Crippen LogP contribution in [0.15, 0.2) is 36.7 Å². The Kier molecular flexibility index (Phi) is 5.97. The van der Waals surface area contributed by atoms with Crippen molar-refractivity contribution in [3.05, 3.63) is 59.3 Å². The normalized spacial score (nSPS) is 17.9. The van der Waals surface area contributed by atoms with Crippen LogP contribution in [-0.2, 0) is 15.9 Å². The highest BCUT2D eigenvalue weighted by atomic mass is 19.1. The average molecular weight is 452 g/mol. The van der Waals surface area contributed by atoms with E-state index in [1.165, 1.54) is 6.07 Å². The molecular weight excluding hydrogens is 427 g/mol. The van der Waals surface area contributed by atoms with Crippen LogP contribution >= 0.6 is 0 Å². The first-order valence-electron chi connectivity index (χ1n) is 10.9. The number of amides is 1. The summed E-state index contributed by atoms with van der Waals surface area (Å²) in [5.41, 5.74) is 4.38. The lowest BCUT2D eigenvalue weighted by Gasteiger charge is -2.23. The van der Waals surface area contributed by atoms with E-state index >= 15 is 0 Å². The van der Waals surface area contributed by atoms with Crippen molar-refractivity contribution in [1.82, 2.24) is 15.3 Å². The molecule has 1 unspecified atom stereocenters.